The molecule has 9 heteroatoms. The lowest BCUT2D eigenvalue weighted by Crippen LogP contribution is -2.14. The monoisotopic (exact) mass is 1080 g/mol. The van der Waals surface area contributed by atoms with Gasteiger partial charge >= 0.3 is 12.4 Å². The number of rotatable bonds is 8. The third-order valence-corrected chi connectivity index (χ3v) is 15.9. The second kappa shape index (κ2) is 19.7. The summed E-state index contributed by atoms with van der Waals surface area (Å²) in [5.41, 5.74) is 12.7. The van der Waals surface area contributed by atoms with Crippen LogP contribution < -0.4 is 0 Å². The lowest BCUT2D eigenvalue weighted by Gasteiger charge is -2.23. The fourth-order valence-corrected chi connectivity index (χ4v) is 11.8. The van der Waals surface area contributed by atoms with E-state index in [9.17, 15) is 5.26 Å². The lowest BCUT2D eigenvalue weighted by molar-refractivity contribution is -0.142. The first-order valence-electron chi connectivity index (χ1n) is 26.9. The van der Waals surface area contributed by atoms with Crippen LogP contribution in [-0.2, 0) is 12.4 Å². The van der Waals surface area contributed by atoms with Gasteiger partial charge in [0.15, 0.2) is 0 Å². The first-order chi connectivity index (χ1) is 39.5. The highest BCUT2D eigenvalue weighted by molar-refractivity contribution is 6.14. The maximum absolute atomic E-state index is 15.3. The molecule has 0 aliphatic rings. The second-order valence-electron chi connectivity index (χ2n) is 21.3. The predicted molar refractivity (Wildman–Crippen MR) is 321 cm³/mol. The molecule has 0 aliphatic heterocycles. The standard InChI is InChI=1S/C73H49F6N3/c1-43-11-19-47(20-12-43)51-27-32-64-57(37-51)58-38-52(48-21-13-44(2)14-22-48)28-33-65(58)81(64)68-36-31-55(71-62(72(74,75)76)8-6-9-63(71)73(77,78)79)41-61(68)70-56(42-80)7-5-10-69(70)82-66-34-29-53(49-23-15-45(3)16-24-49)39-59(66)60-40-54(30-35-67(60)82)50-25-17-46(4)18-26-50/h5-41H,1-4H3. The summed E-state index contributed by atoms with van der Waals surface area (Å²) in [6.07, 6.45) is -10.3. The highest BCUT2D eigenvalue weighted by Gasteiger charge is 2.41. The smallest absolute Gasteiger partial charge is 0.309 e. The molecule has 11 aromatic carbocycles. The predicted octanol–water partition coefficient (Wildman–Crippen LogP) is 21.0. The van der Waals surface area contributed by atoms with Crippen LogP contribution in [0.25, 0.3) is 122 Å². The molecule has 0 spiro atoms. The largest absolute Gasteiger partial charge is 0.417 e. The molecule has 0 saturated carbocycles. The van der Waals surface area contributed by atoms with Gasteiger partial charge in [0.25, 0.3) is 0 Å². The molecule has 0 atom stereocenters. The van der Waals surface area contributed by atoms with Crippen molar-refractivity contribution in [2.45, 2.75) is 40.0 Å². The summed E-state index contributed by atoms with van der Waals surface area (Å²) >= 11 is 0. The number of aryl methyl sites for hydroxylation is 4. The number of nitriles is 1. The normalized spacial score (nSPS) is 12.0. The van der Waals surface area contributed by atoms with Crippen LogP contribution in [0.15, 0.2) is 224 Å². The van der Waals surface area contributed by atoms with Crippen molar-refractivity contribution in [1.82, 2.24) is 9.13 Å². The number of nitrogens with zero attached hydrogens (tertiary/aromatic N) is 3. The van der Waals surface area contributed by atoms with Gasteiger partial charge in [-0.2, -0.15) is 31.6 Å². The van der Waals surface area contributed by atoms with E-state index in [1.807, 2.05) is 86.9 Å². The first kappa shape index (κ1) is 51.5. The molecular weight excluding hydrogens is 1030 g/mol. The number of halogens is 6. The number of alkyl halides is 6. The lowest BCUT2D eigenvalue weighted by atomic mass is 9.89. The molecule has 13 aromatic rings. The Morgan fingerprint density at radius 1 is 0.317 bits per heavy atom. The van der Waals surface area contributed by atoms with Gasteiger partial charge in [-0.15, -0.1) is 0 Å². The number of hydrogen-bond donors (Lipinski definition) is 0. The molecular formula is C73H49F6N3. The fourth-order valence-electron chi connectivity index (χ4n) is 11.8. The van der Waals surface area contributed by atoms with Crippen LogP contribution >= 0.6 is 0 Å². The fraction of sp³-hybridized carbons (Fsp3) is 0.0822. The Kier molecular flexibility index (Phi) is 12.4. The Hall–Kier alpha value is -9.91. The average Bonchev–Trinajstić information content (AvgIpc) is 3.23. The number of benzene rings is 11. The van der Waals surface area contributed by atoms with Gasteiger partial charge in [-0.3, -0.25) is 0 Å². The van der Waals surface area contributed by atoms with Crippen molar-refractivity contribution in [3.05, 3.63) is 263 Å². The van der Waals surface area contributed by atoms with Gasteiger partial charge in [-0.25, -0.2) is 0 Å². The quantitative estimate of drug-likeness (QED) is 0.140. The van der Waals surface area contributed by atoms with Crippen LogP contribution in [0, 0.1) is 39.0 Å². The molecule has 0 radical (unpaired) electrons. The van der Waals surface area contributed by atoms with E-state index in [1.165, 1.54) is 12.1 Å². The maximum atomic E-state index is 15.3. The Morgan fingerprint density at radius 3 is 0.976 bits per heavy atom. The van der Waals surface area contributed by atoms with E-state index >= 15 is 26.3 Å². The van der Waals surface area contributed by atoms with Crippen LogP contribution in [0.2, 0.25) is 0 Å². The second-order valence-corrected chi connectivity index (χ2v) is 21.3. The first-order valence-corrected chi connectivity index (χ1v) is 26.9. The topological polar surface area (TPSA) is 33.6 Å². The number of hydrogen-bond acceptors (Lipinski definition) is 1. The van der Waals surface area contributed by atoms with Crippen molar-refractivity contribution in [1.29, 1.82) is 5.26 Å². The molecule has 0 N–H and O–H groups in total. The summed E-state index contributed by atoms with van der Waals surface area (Å²) < 4.78 is 95.8. The van der Waals surface area contributed by atoms with Gasteiger partial charge in [-0.05, 0) is 163 Å². The summed E-state index contributed by atoms with van der Waals surface area (Å²) in [4.78, 5) is 0. The van der Waals surface area contributed by atoms with Gasteiger partial charge in [0, 0.05) is 38.2 Å². The third kappa shape index (κ3) is 8.97. The molecule has 0 saturated heterocycles. The summed E-state index contributed by atoms with van der Waals surface area (Å²) in [5.74, 6) is 0. The van der Waals surface area contributed by atoms with Crippen LogP contribution in [0.3, 0.4) is 0 Å². The number of aromatic nitrogens is 2. The van der Waals surface area contributed by atoms with Gasteiger partial charge < -0.3 is 9.13 Å². The van der Waals surface area contributed by atoms with Gasteiger partial charge in [0.2, 0.25) is 0 Å². The molecule has 0 unspecified atom stereocenters. The van der Waals surface area contributed by atoms with Gasteiger partial charge in [0.1, 0.15) is 0 Å². The minimum Gasteiger partial charge on any atom is -0.309 e. The summed E-state index contributed by atoms with van der Waals surface area (Å²) in [6, 6.07) is 72.1. The molecule has 2 heterocycles. The van der Waals surface area contributed by atoms with Crippen LogP contribution in [-0.4, -0.2) is 9.13 Å². The van der Waals surface area contributed by atoms with Crippen molar-refractivity contribution in [2.24, 2.45) is 0 Å². The van der Waals surface area contributed by atoms with E-state index in [-0.39, 0.29) is 16.7 Å². The molecule has 0 bridgehead atoms. The molecule has 398 valence electrons. The van der Waals surface area contributed by atoms with E-state index in [2.05, 4.69) is 132 Å². The highest BCUT2D eigenvalue weighted by atomic mass is 19.4. The zero-order valence-electron chi connectivity index (χ0n) is 45.0. The van der Waals surface area contributed by atoms with Gasteiger partial charge in [-0.1, -0.05) is 162 Å². The Bertz CT molecular complexity index is 4490. The van der Waals surface area contributed by atoms with E-state index in [1.54, 1.807) is 18.2 Å². The van der Waals surface area contributed by atoms with Crippen molar-refractivity contribution in [2.75, 3.05) is 0 Å². The summed E-state index contributed by atoms with van der Waals surface area (Å²) in [6.45, 7) is 8.14. The van der Waals surface area contributed by atoms with Crippen molar-refractivity contribution < 1.29 is 26.3 Å². The summed E-state index contributed by atoms with van der Waals surface area (Å²) in [5, 5.41) is 14.9. The van der Waals surface area contributed by atoms with Gasteiger partial charge in [0.05, 0.1) is 56.2 Å². The Morgan fingerprint density at radius 2 is 0.634 bits per heavy atom. The maximum Gasteiger partial charge on any atom is 0.417 e. The molecule has 13 rings (SSSR count). The minimum atomic E-state index is -5.17. The zero-order valence-corrected chi connectivity index (χ0v) is 45.0. The third-order valence-electron chi connectivity index (χ3n) is 15.9. The number of fused-ring (bicyclic) bond motifs is 6. The molecule has 0 fully saturated rings. The molecule has 3 nitrogen and oxygen atoms in total. The zero-order chi connectivity index (χ0) is 56.8. The Balaban J connectivity index is 1.15. The van der Waals surface area contributed by atoms with Crippen molar-refractivity contribution in [3.8, 4) is 84.2 Å². The minimum absolute atomic E-state index is 0.155. The van der Waals surface area contributed by atoms with E-state index in [0.717, 1.165) is 116 Å². The van der Waals surface area contributed by atoms with Crippen molar-refractivity contribution in [3.63, 3.8) is 0 Å². The van der Waals surface area contributed by atoms with Crippen LogP contribution in [0.1, 0.15) is 38.9 Å². The van der Waals surface area contributed by atoms with E-state index in [4.69, 9.17) is 0 Å². The van der Waals surface area contributed by atoms with Crippen molar-refractivity contribution >= 4 is 43.6 Å². The average molecular weight is 1080 g/mol. The van der Waals surface area contributed by atoms with E-state index < -0.39 is 29.0 Å². The van der Waals surface area contributed by atoms with Crippen LogP contribution in [0.4, 0.5) is 26.3 Å². The SMILES string of the molecule is Cc1ccc(-c2ccc3c(c2)c2cc(-c4ccc(C)cc4)ccc2n3-c2ccc(-c3c(C(F)(F)F)cccc3C(F)(F)F)cc2-c2c(C#N)cccc2-n2c3ccc(-c4ccc(C)cc4)cc3c3cc(-c4ccc(C)cc4)ccc32)cc1. The molecule has 2 aromatic heterocycles. The summed E-state index contributed by atoms with van der Waals surface area (Å²) in [7, 11) is 0. The Labute approximate surface area is 469 Å². The van der Waals surface area contributed by atoms with E-state index in [0.29, 0.717) is 29.1 Å². The molecule has 82 heavy (non-hydrogen) atoms. The molecule has 0 aliphatic carbocycles. The highest BCUT2D eigenvalue weighted by Crippen LogP contribution is 2.49. The van der Waals surface area contributed by atoms with Crippen LogP contribution in [0.5, 0.6) is 0 Å². The molecule has 0 amide bonds.